The molecule has 0 amide bonds. The van der Waals surface area contributed by atoms with Crippen molar-refractivity contribution in [2.45, 2.75) is 32.7 Å². The third-order valence-corrected chi connectivity index (χ3v) is 3.07. The molecular weight excluding hydrogens is 284 g/mol. The summed E-state index contributed by atoms with van der Waals surface area (Å²) < 4.78 is 7.99. The molecule has 0 aliphatic rings. The van der Waals surface area contributed by atoms with Gasteiger partial charge in [0, 0.05) is 5.41 Å². The largest absolute Gasteiger partial charge is 0.437 e. The summed E-state index contributed by atoms with van der Waals surface area (Å²) in [5, 5.41) is 15.8. The zero-order valence-corrected chi connectivity index (χ0v) is 12.6. The van der Waals surface area contributed by atoms with Gasteiger partial charge in [-0.3, -0.25) is 0 Å². The lowest BCUT2D eigenvalue weighted by atomic mass is 9.97. The second-order valence-electron chi connectivity index (χ2n) is 5.92. The Labute approximate surface area is 126 Å². The van der Waals surface area contributed by atoms with Crippen molar-refractivity contribution in [3.63, 3.8) is 0 Å². The van der Waals surface area contributed by atoms with E-state index in [1.807, 2.05) is 51.1 Å². The molecule has 0 bridgehead atoms. The first-order chi connectivity index (χ1) is 10.4. The van der Waals surface area contributed by atoms with Crippen LogP contribution in [0.25, 0.3) is 5.69 Å². The van der Waals surface area contributed by atoms with Gasteiger partial charge < -0.3 is 4.42 Å². The van der Waals surface area contributed by atoms with Gasteiger partial charge in [0.2, 0.25) is 5.89 Å². The summed E-state index contributed by atoms with van der Waals surface area (Å²) in [6.07, 6.45) is 0. The van der Waals surface area contributed by atoms with Crippen molar-refractivity contribution in [1.82, 2.24) is 30.0 Å². The molecule has 0 radical (unpaired) electrons. The predicted octanol–water partition coefficient (Wildman–Crippen LogP) is 1.16. The van der Waals surface area contributed by atoms with Crippen LogP contribution < -0.4 is 5.76 Å². The van der Waals surface area contributed by atoms with Crippen LogP contribution in [0.2, 0.25) is 0 Å². The fourth-order valence-electron chi connectivity index (χ4n) is 1.92. The minimum Gasteiger partial charge on any atom is -0.392 e. The number of hydrogen-bond donors (Lipinski definition) is 0. The van der Waals surface area contributed by atoms with Crippen molar-refractivity contribution < 1.29 is 4.42 Å². The van der Waals surface area contributed by atoms with E-state index < -0.39 is 5.76 Å². The predicted molar refractivity (Wildman–Crippen MR) is 77.7 cm³/mol. The second-order valence-corrected chi connectivity index (χ2v) is 5.92. The monoisotopic (exact) mass is 300 g/mol. The molecule has 0 fully saturated rings. The van der Waals surface area contributed by atoms with Gasteiger partial charge in [-0.25, -0.2) is 4.79 Å². The van der Waals surface area contributed by atoms with Gasteiger partial charge in [0.25, 0.3) is 0 Å². The average Bonchev–Trinajstić information content (AvgIpc) is 3.07. The third-order valence-electron chi connectivity index (χ3n) is 3.07. The van der Waals surface area contributed by atoms with Crippen molar-refractivity contribution in [3.8, 4) is 5.69 Å². The molecule has 0 saturated carbocycles. The van der Waals surface area contributed by atoms with E-state index in [-0.39, 0.29) is 12.0 Å². The highest BCUT2D eigenvalue weighted by atomic mass is 16.4. The van der Waals surface area contributed by atoms with E-state index in [2.05, 4.69) is 20.6 Å². The first kappa shape index (κ1) is 14.2. The molecule has 2 heterocycles. The van der Waals surface area contributed by atoms with Crippen LogP contribution in [0.15, 0.2) is 39.5 Å². The van der Waals surface area contributed by atoms with Crippen LogP contribution in [0, 0.1) is 0 Å². The summed E-state index contributed by atoms with van der Waals surface area (Å²) in [5.74, 6) is 0.367. The summed E-state index contributed by atoms with van der Waals surface area (Å²) in [4.78, 5) is 11.9. The maximum absolute atomic E-state index is 11.9. The molecule has 0 saturated heterocycles. The highest BCUT2D eigenvalue weighted by Gasteiger charge is 2.23. The summed E-state index contributed by atoms with van der Waals surface area (Å²) in [6, 6.07) is 9.45. The van der Waals surface area contributed by atoms with E-state index in [0.29, 0.717) is 11.7 Å². The SMILES string of the molecule is CC(C)(C)c1nn(Cc2nnnn2-c2ccccc2)c(=O)o1. The summed E-state index contributed by atoms with van der Waals surface area (Å²) >= 11 is 0. The van der Waals surface area contributed by atoms with Crippen molar-refractivity contribution in [2.75, 3.05) is 0 Å². The summed E-state index contributed by atoms with van der Waals surface area (Å²) in [7, 11) is 0. The summed E-state index contributed by atoms with van der Waals surface area (Å²) in [6.45, 7) is 5.92. The van der Waals surface area contributed by atoms with E-state index in [1.165, 1.54) is 4.68 Å². The summed E-state index contributed by atoms with van der Waals surface area (Å²) in [5.41, 5.74) is 0.477. The lowest BCUT2D eigenvalue weighted by Crippen LogP contribution is -2.19. The molecule has 8 nitrogen and oxygen atoms in total. The van der Waals surface area contributed by atoms with E-state index in [1.54, 1.807) is 4.68 Å². The number of para-hydroxylation sites is 1. The Kier molecular flexibility index (Phi) is 3.36. The van der Waals surface area contributed by atoms with Crippen molar-refractivity contribution in [1.29, 1.82) is 0 Å². The number of hydrogen-bond acceptors (Lipinski definition) is 6. The Balaban J connectivity index is 1.94. The molecule has 3 aromatic rings. The van der Waals surface area contributed by atoms with Gasteiger partial charge in [-0.2, -0.15) is 9.36 Å². The highest BCUT2D eigenvalue weighted by Crippen LogP contribution is 2.18. The number of nitrogens with zero attached hydrogens (tertiary/aromatic N) is 6. The Bertz CT molecular complexity index is 825. The zero-order chi connectivity index (χ0) is 15.7. The lowest BCUT2D eigenvalue weighted by molar-refractivity contribution is 0.374. The van der Waals surface area contributed by atoms with E-state index >= 15 is 0 Å². The van der Waals surface area contributed by atoms with Gasteiger partial charge >= 0.3 is 5.76 Å². The van der Waals surface area contributed by atoms with Gasteiger partial charge in [-0.1, -0.05) is 39.0 Å². The quantitative estimate of drug-likeness (QED) is 0.720. The molecule has 3 rings (SSSR count). The molecule has 0 aliphatic carbocycles. The average molecular weight is 300 g/mol. The molecule has 22 heavy (non-hydrogen) atoms. The lowest BCUT2D eigenvalue weighted by Gasteiger charge is -2.10. The number of benzene rings is 1. The molecule has 0 atom stereocenters. The minimum absolute atomic E-state index is 0.139. The molecule has 0 unspecified atom stereocenters. The molecule has 0 aliphatic heterocycles. The van der Waals surface area contributed by atoms with Gasteiger partial charge in [-0.05, 0) is 22.6 Å². The first-order valence-corrected chi connectivity index (χ1v) is 6.86. The maximum Gasteiger partial charge on any atom is 0.437 e. The topological polar surface area (TPSA) is 91.6 Å². The van der Waals surface area contributed by atoms with E-state index in [4.69, 9.17) is 4.42 Å². The van der Waals surface area contributed by atoms with Crippen LogP contribution in [0.4, 0.5) is 0 Å². The molecule has 114 valence electrons. The second kappa shape index (κ2) is 5.21. The van der Waals surface area contributed by atoms with Crippen molar-refractivity contribution in [3.05, 3.63) is 52.6 Å². The minimum atomic E-state index is -0.521. The van der Waals surface area contributed by atoms with Crippen LogP contribution in [-0.2, 0) is 12.0 Å². The first-order valence-electron chi connectivity index (χ1n) is 6.86. The molecule has 8 heteroatoms. The van der Waals surface area contributed by atoms with Crippen molar-refractivity contribution in [2.24, 2.45) is 0 Å². The Morgan fingerprint density at radius 2 is 1.91 bits per heavy atom. The van der Waals surface area contributed by atoms with Gasteiger partial charge in [0.05, 0.1) is 5.69 Å². The molecule has 0 N–H and O–H groups in total. The smallest absolute Gasteiger partial charge is 0.392 e. The standard InChI is InChI=1S/C14H16N6O2/c1-14(2,3)12-16-19(13(21)22-12)9-11-15-17-18-20(11)10-7-5-4-6-8-10/h4-8H,9H2,1-3H3. The Hall–Kier alpha value is -2.77. The van der Waals surface area contributed by atoms with E-state index in [0.717, 1.165) is 5.69 Å². The van der Waals surface area contributed by atoms with Crippen molar-refractivity contribution >= 4 is 0 Å². The van der Waals surface area contributed by atoms with Crippen LogP contribution in [-0.4, -0.2) is 30.0 Å². The fraction of sp³-hybridized carbons (Fsp3) is 0.357. The number of tetrazole rings is 1. The fourth-order valence-corrected chi connectivity index (χ4v) is 1.92. The number of rotatable bonds is 3. The zero-order valence-electron chi connectivity index (χ0n) is 12.6. The third kappa shape index (κ3) is 2.67. The maximum atomic E-state index is 11.9. The van der Waals surface area contributed by atoms with Gasteiger partial charge in [-0.15, -0.1) is 10.2 Å². The van der Waals surface area contributed by atoms with E-state index in [9.17, 15) is 4.79 Å². The van der Waals surface area contributed by atoms with Crippen LogP contribution in [0.3, 0.4) is 0 Å². The van der Waals surface area contributed by atoms with Gasteiger partial charge in [0.1, 0.15) is 6.54 Å². The molecule has 0 spiro atoms. The van der Waals surface area contributed by atoms with Gasteiger partial charge in [0.15, 0.2) is 5.82 Å². The molecular formula is C14H16N6O2. The van der Waals surface area contributed by atoms with Crippen LogP contribution >= 0.6 is 0 Å². The molecule has 1 aromatic carbocycles. The van der Waals surface area contributed by atoms with Crippen LogP contribution in [0.5, 0.6) is 0 Å². The highest BCUT2D eigenvalue weighted by molar-refractivity contribution is 5.30. The Morgan fingerprint density at radius 1 is 1.18 bits per heavy atom. The normalized spacial score (nSPS) is 11.8. The van der Waals surface area contributed by atoms with Crippen LogP contribution in [0.1, 0.15) is 32.5 Å². The number of aromatic nitrogens is 6. The molecule has 2 aromatic heterocycles. The Morgan fingerprint density at radius 3 is 2.55 bits per heavy atom.